The lowest BCUT2D eigenvalue weighted by molar-refractivity contribution is -0.117. The Hall–Kier alpha value is -2.65. The van der Waals surface area contributed by atoms with Crippen molar-refractivity contribution >= 4 is 21.8 Å². The number of rotatable bonds is 6. The molecule has 1 unspecified atom stereocenters. The van der Waals surface area contributed by atoms with E-state index in [1.165, 1.54) is 6.07 Å². The van der Waals surface area contributed by atoms with Crippen LogP contribution >= 0.6 is 0 Å². The predicted octanol–water partition coefficient (Wildman–Crippen LogP) is 2.52. The van der Waals surface area contributed by atoms with Crippen molar-refractivity contribution < 1.29 is 22.3 Å². The zero-order valence-corrected chi connectivity index (χ0v) is 18.0. The number of nitrogens with zero attached hydrogens (tertiary/aromatic N) is 1. The molecule has 1 amide bonds. The number of hydrogen-bond acceptors (Lipinski definition) is 5. The Morgan fingerprint density at radius 3 is 2.68 bits per heavy atom. The van der Waals surface area contributed by atoms with Gasteiger partial charge in [0.05, 0.1) is 0 Å². The summed E-state index contributed by atoms with van der Waals surface area (Å²) in [7, 11) is -4.16. The number of nitrogens with one attached hydrogen (secondary N) is 2. The molecule has 2 aliphatic heterocycles. The van der Waals surface area contributed by atoms with Gasteiger partial charge in [-0.1, -0.05) is 36.8 Å². The van der Waals surface area contributed by atoms with Crippen LogP contribution in [-0.2, 0) is 28.0 Å². The van der Waals surface area contributed by atoms with Crippen LogP contribution in [0.15, 0.2) is 42.5 Å². The van der Waals surface area contributed by atoms with Crippen molar-refractivity contribution in [3.8, 4) is 5.75 Å². The van der Waals surface area contributed by atoms with E-state index in [2.05, 4.69) is 5.32 Å². The van der Waals surface area contributed by atoms with Crippen molar-refractivity contribution in [2.75, 3.05) is 23.9 Å². The van der Waals surface area contributed by atoms with Crippen molar-refractivity contribution in [2.45, 2.75) is 32.3 Å². The van der Waals surface area contributed by atoms with Crippen molar-refractivity contribution in [1.29, 1.82) is 0 Å². The van der Waals surface area contributed by atoms with Crippen LogP contribution < -0.4 is 19.1 Å². The summed E-state index contributed by atoms with van der Waals surface area (Å²) in [4.78, 5) is 11.7. The normalized spacial score (nSPS) is 20.9. The molecule has 1 atom stereocenters. The summed E-state index contributed by atoms with van der Waals surface area (Å²) in [5, 5.41) is 3.41. The fourth-order valence-corrected chi connectivity index (χ4v) is 5.24. The molecule has 4 rings (SSSR count). The van der Waals surface area contributed by atoms with Crippen LogP contribution in [0, 0.1) is 11.7 Å². The largest absolute Gasteiger partial charge is 0.487 e. The van der Waals surface area contributed by atoms with Gasteiger partial charge in [0.15, 0.2) is 5.82 Å². The average molecular weight is 448 g/mol. The first-order valence-electron chi connectivity index (χ1n) is 10.5. The number of carbonyl (C=O) groups excluding carboxylic acids is 1. The molecule has 2 aliphatic rings. The average Bonchev–Trinajstić information content (AvgIpc) is 2.88. The fourth-order valence-electron chi connectivity index (χ4n) is 4.08. The summed E-state index contributed by atoms with van der Waals surface area (Å²) in [6.45, 7) is 1.52. The van der Waals surface area contributed by atoms with E-state index in [9.17, 15) is 13.2 Å². The number of ether oxygens (including phenoxy) is 1. The summed E-state index contributed by atoms with van der Waals surface area (Å²) in [5.41, 5.74) is 1.37. The minimum absolute atomic E-state index is 0.112. The van der Waals surface area contributed by atoms with Gasteiger partial charge < -0.3 is 10.1 Å². The Kier molecular flexibility index (Phi) is 6.43. The molecular formula is C22H26FN3O4S. The first-order chi connectivity index (χ1) is 14.9. The van der Waals surface area contributed by atoms with Gasteiger partial charge in [0, 0.05) is 0 Å². The molecular weight excluding hydrogens is 421 g/mol. The highest BCUT2D eigenvalue weighted by molar-refractivity contribution is 7.92. The third kappa shape index (κ3) is 5.16. The van der Waals surface area contributed by atoms with Crippen molar-refractivity contribution in [3.63, 3.8) is 0 Å². The van der Waals surface area contributed by atoms with Gasteiger partial charge >= 0.3 is 10.2 Å². The molecule has 2 heterocycles. The lowest BCUT2D eigenvalue weighted by atomic mass is 9.94. The lowest BCUT2D eigenvalue weighted by Gasteiger charge is -2.22. The summed E-state index contributed by atoms with van der Waals surface area (Å²) < 4.78 is 48.5. The van der Waals surface area contributed by atoms with E-state index in [0.717, 1.165) is 47.8 Å². The first kappa shape index (κ1) is 21.6. The van der Waals surface area contributed by atoms with E-state index in [0.29, 0.717) is 12.3 Å². The molecule has 0 saturated carbocycles. The Labute approximate surface area is 181 Å². The van der Waals surface area contributed by atoms with Crippen molar-refractivity contribution in [3.05, 3.63) is 59.4 Å². The minimum Gasteiger partial charge on any atom is -0.487 e. The highest BCUT2D eigenvalue weighted by Gasteiger charge is 2.38. The van der Waals surface area contributed by atoms with E-state index < -0.39 is 28.5 Å². The van der Waals surface area contributed by atoms with Gasteiger partial charge in [-0.3, -0.25) is 4.79 Å². The number of anilines is 1. The second-order valence-corrected chi connectivity index (χ2v) is 9.60. The Morgan fingerprint density at radius 2 is 1.94 bits per heavy atom. The second kappa shape index (κ2) is 9.23. The molecule has 0 bridgehead atoms. The molecule has 0 aliphatic carbocycles. The third-order valence-corrected chi connectivity index (χ3v) is 6.95. The maximum Gasteiger partial charge on any atom is 0.326 e. The maximum atomic E-state index is 15.3. The van der Waals surface area contributed by atoms with E-state index in [4.69, 9.17) is 4.74 Å². The summed E-state index contributed by atoms with van der Waals surface area (Å²) in [6.07, 6.45) is 3.96. The lowest BCUT2D eigenvalue weighted by Crippen LogP contribution is -2.30. The van der Waals surface area contributed by atoms with Gasteiger partial charge in [0.2, 0.25) is 0 Å². The molecule has 7 nitrogen and oxygen atoms in total. The van der Waals surface area contributed by atoms with Gasteiger partial charge in [-0.2, -0.15) is 8.42 Å². The zero-order valence-electron chi connectivity index (χ0n) is 17.1. The zero-order chi connectivity index (χ0) is 21.8. The molecule has 31 heavy (non-hydrogen) atoms. The standard InChI is InChI=1S/C22H26FN3O4S/c23-19-11-18(10-17-8-4-5-9-24-13-17)12-20(30-15-16-6-2-1-3-7-16)22(19)26-14-21(27)25-31(26,28)29/h1-3,6-7,11-12,17,24H,4-5,8-10,13-15H2,(H,25,27). The van der Waals surface area contributed by atoms with Crippen molar-refractivity contribution in [2.24, 2.45) is 5.92 Å². The van der Waals surface area contributed by atoms with Crippen LogP contribution in [0.1, 0.15) is 30.4 Å². The smallest absolute Gasteiger partial charge is 0.326 e. The van der Waals surface area contributed by atoms with Crippen molar-refractivity contribution in [1.82, 2.24) is 10.0 Å². The summed E-state index contributed by atoms with van der Waals surface area (Å²) in [5.74, 6) is -0.946. The number of carbonyl (C=O) groups is 1. The highest BCUT2D eigenvalue weighted by Crippen LogP contribution is 2.37. The fraction of sp³-hybridized carbons (Fsp3) is 0.409. The number of halogens is 1. The molecule has 0 spiro atoms. The molecule has 0 aromatic heterocycles. The van der Waals surface area contributed by atoms with Gasteiger partial charge in [-0.05, 0) is 61.5 Å². The Morgan fingerprint density at radius 1 is 1.13 bits per heavy atom. The Bertz CT molecular complexity index is 1040. The summed E-state index contributed by atoms with van der Waals surface area (Å²) in [6, 6.07) is 12.4. The Balaban J connectivity index is 1.66. The third-order valence-electron chi connectivity index (χ3n) is 5.57. The van der Waals surface area contributed by atoms with E-state index >= 15 is 4.39 Å². The van der Waals surface area contributed by atoms with Gasteiger partial charge in [-0.25, -0.2) is 13.4 Å². The second-order valence-electron chi connectivity index (χ2n) is 8.01. The van der Waals surface area contributed by atoms with Gasteiger partial charge in [0.25, 0.3) is 5.91 Å². The number of hydrogen-bond donors (Lipinski definition) is 2. The van der Waals surface area contributed by atoms with Gasteiger partial charge in [-0.15, -0.1) is 0 Å². The highest BCUT2D eigenvalue weighted by atomic mass is 32.2. The van der Waals surface area contributed by atoms with E-state index in [1.54, 1.807) is 6.07 Å². The molecule has 2 saturated heterocycles. The van der Waals surface area contributed by atoms with Crippen LogP contribution in [0.4, 0.5) is 10.1 Å². The predicted molar refractivity (Wildman–Crippen MR) is 115 cm³/mol. The van der Waals surface area contributed by atoms with Gasteiger partial charge in [0.1, 0.15) is 24.6 Å². The van der Waals surface area contributed by atoms with Crippen LogP contribution in [-0.4, -0.2) is 34.0 Å². The molecule has 2 aromatic rings. The number of benzene rings is 2. The maximum absolute atomic E-state index is 15.3. The minimum atomic E-state index is -4.16. The SMILES string of the molecule is O=C1CN(c2c(F)cc(CC3CCCCNC3)cc2OCc2ccccc2)S(=O)(=O)N1. The van der Waals surface area contributed by atoms with E-state index in [-0.39, 0.29) is 18.0 Å². The monoisotopic (exact) mass is 447 g/mol. The van der Waals surface area contributed by atoms with Crippen LogP contribution in [0.3, 0.4) is 0 Å². The molecule has 9 heteroatoms. The van der Waals surface area contributed by atoms with Crippen LogP contribution in [0.5, 0.6) is 5.75 Å². The molecule has 2 aromatic carbocycles. The quantitative estimate of drug-likeness (QED) is 0.711. The molecule has 2 fully saturated rings. The molecule has 2 N–H and O–H groups in total. The van der Waals surface area contributed by atoms with E-state index in [1.807, 2.05) is 35.1 Å². The number of amides is 1. The topological polar surface area (TPSA) is 87.7 Å². The van der Waals surface area contributed by atoms with Crippen LogP contribution in [0.25, 0.3) is 0 Å². The first-order valence-corrected chi connectivity index (χ1v) is 11.9. The summed E-state index contributed by atoms with van der Waals surface area (Å²) >= 11 is 0. The van der Waals surface area contributed by atoms with Crippen LogP contribution in [0.2, 0.25) is 0 Å². The molecule has 166 valence electrons. The molecule has 0 radical (unpaired) electrons.